The molecule has 0 fully saturated rings. The molecule has 0 aromatic carbocycles. The highest BCUT2D eigenvalue weighted by Crippen LogP contribution is 2.15. The fraction of sp³-hybridized carbons (Fsp3) is 0.625. The molecule has 0 amide bonds. The molecule has 0 saturated heterocycles. The molecule has 2 N–H and O–H groups in total. The van der Waals surface area contributed by atoms with Crippen molar-refractivity contribution < 1.29 is 10.2 Å². The molecule has 0 radical (unpaired) electrons. The predicted octanol–water partition coefficient (Wildman–Crippen LogP) is 0.144. The lowest BCUT2D eigenvalue weighted by Gasteiger charge is -2.07. The van der Waals surface area contributed by atoms with Gasteiger partial charge < -0.3 is 10.2 Å². The van der Waals surface area contributed by atoms with E-state index in [0.29, 0.717) is 6.42 Å². The Kier molecular flexibility index (Phi) is 2.83. The molecule has 0 unspecified atom stereocenters. The summed E-state index contributed by atoms with van der Waals surface area (Å²) in [5.74, 6) is 0. The second kappa shape index (κ2) is 3.69. The highest BCUT2D eigenvalue weighted by atomic mass is 16.3. The number of nitrogens with zero attached hydrogens (tertiary/aromatic N) is 2. The van der Waals surface area contributed by atoms with Gasteiger partial charge in [0.1, 0.15) is 0 Å². The van der Waals surface area contributed by atoms with Crippen LogP contribution in [0.1, 0.15) is 23.9 Å². The molecule has 4 heteroatoms. The third kappa shape index (κ3) is 1.84. The summed E-state index contributed by atoms with van der Waals surface area (Å²) in [7, 11) is 1.78. The largest absolute Gasteiger partial charge is 0.396 e. The molecule has 0 saturated carbocycles. The SMILES string of the molecule is Cc1cc([C@H](O)CCO)n(C)n1. The maximum absolute atomic E-state index is 9.49. The molecule has 1 aromatic rings. The van der Waals surface area contributed by atoms with Crippen LogP contribution < -0.4 is 0 Å². The molecule has 0 aliphatic rings. The summed E-state index contributed by atoms with van der Waals surface area (Å²) in [6.07, 6.45) is -0.250. The van der Waals surface area contributed by atoms with Gasteiger partial charge in [-0.15, -0.1) is 0 Å². The lowest BCUT2D eigenvalue weighted by molar-refractivity contribution is 0.127. The van der Waals surface area contributed by atoms with Crippen molar-refractivity contribution in [3.05, 3.63) is 17.5 Å². The number of hydrogen-bond acceptors (Lipinski definition) is 3. The zero-order chi connectivity index (χ0) is 9.14. The van der Waals surface area contributed by atoms with Gasteiger partial charge in [0.25, 0.3) is 0 Å². The zero-order valence-electron chi connectivity index (χ0n) is 7.36. The highest BCUT2D eigenvalue weighted by molar-refractivity contribution is 5.11. The van der Waals surface area contributed by atoms with Crippen molar-refractivity contribution in [2.75, 3.05) is 6.61 Å². The molecule has 1 atom stereocenters. The average molecular weight is 170 g/mol. The van der Waals surface area contributed by atoms with E-state index < -0.39 is 6.10 Å². The number of hydrogen-bond donors (Lipinski definition) is 2. The van der Waals surface area contributed by atoms with E-state index >= 15 is 0 Å². The summed E-state index contributed by atoms with van der Waals surface area (Å²) in [5, 5.41) is 22.2. The van der Waals surface area contributed by atoms with Gasteiger partial charge in [0.05, 0.1) is 17.5 Å². The van der Waals surface area contributed by atoms with Gasteiger partial charge >= 0.3 is 0 Å². The van der Waals surface area contributed by atoms with Crippen LogP contribution in [0, 0.1) is 6.92 Å². The van der Waals surface area contributed by atoms with Crippen LogP contribution in [0.3, 0.4) is 0 Å². The minimum atomic E-state index is -0.610. The molecule has 1 aromatic heterocycles. The molecule has 68 valence electrons. The van der Waals surface area contributed by atoms with Gasteiger partial charge in [-0.25, -0.2) is 0 Å². The smallest absolute Gasteiger partial charge is 0.0978 e. The van der Waals surface area contributed by atoms with Crippen molar-refractivity contribution in [3.63, 3.8) is 0 Å². The quantitative estimate of drug-likeness (QED) is 0.678. The van der Waals surface area contributed by atoms with Crippen molar-refractivity contribution in [1.29, 1.82) is 0 Å². The van der Waals surface area contributed by atoms with E-state index in [1.165, 1.54) is 0 Å². The topological polar surface area (TPSA) is 58.3 Å². The molecule has 1 heterocycles. The first kappa shape index (κ1) is 9.22. The van der Waals surface area contributed by atoms with Gasteiger partial charge in [-0.05, 0) is 13.0 Å². The van der Waals surface area contributed by atoms with Crippen molar-refractivity contribution in [3.8, 4) is 0 Å². The van der Waals surface area contributed by atoms with E-state index in [-0.39, 0.29) is 6.61 Å². The van der Waals surface area contributed by atoms with Gasteiger partial charge in [-0.3, -0.25) is 4.68 Å². The average Bonchev–Trinajstić information content (AvgIpc) is 2.30. The van der Waals surface area contributed by atoms with Gasteiger partial charge in [-0.2, -0.15) is 5.10 Å². The second-order valence-electron chi connectivity index (χ2n) is 2.86. The fourth-order valence-electron chi connectivity index (χ4n) is 1.21. The molecular formula is C8H14N2O2. The summed E-state index contributed by atoms with van der Waals surface area (Å²) < 4.78 is 1.63. The summed E-state index contributed by atoms with van der Waals surface area (Å²) >= 11 is 0. The second-order valence-corrected chi connectivity index (χ2v) is 2.86. The third-order valence-electron chi connectivity index (χ3n) is 1.78. The Balaban J connectivity index is 2.79. The van der Waals surface area contributed by atoms with E-state index in [2.05, 4.69) is 5.10 Å². The number of rotatable bonds is 3. The van der Waals surface area contributed by atoms with Gasteiger partial charge in [0, 0.05) is 20.1 Å². The van der Waals surface area contributed by atoms with Gasteiger partial charge in [0.2, 0.25) is 0 Å². The van der Waals surface area contributed by atoms with Crippen molar-refractivity contribution in [2.24, 2.45) is 7.05 Å². The fourth-order valence-corrected chi connectivity index (χ4v) is 1.21. The minimum absolute atomic E-state index is 0.00854. The summed E-state index contributed by atoms with van der Waals surface area (Å²) in [6, 6.07) is 1.82. The molecule has 4 nitrogen and oxygen atoms in total. The Labute approximate surface area is 71.5 Å². The number of aliphatic hydroxyl groups is 2. The molecule has 0 spiro atoms. The Bertz CT molecular complexity index is 258. The van der Waals surface area contributed by atoms with Crippen LogP contribution in [0.4, 0.5) is 0 Å². The van der Waals surface area contributed by atoms with E-state index in [1.807, 2.05) is 13.0 Å². The summed E-state index contributed by atoms with van der Waals surface area (Å²) in [6.45, 7) is 1.86. The van der Waals surface area contributed by atoms with Crippen molar-refractivity contribution in [1.82, 2.24) is 9.78 Å². The van der Waals surface area contributed by atoms with E-state index in [1.54, 1.807) is 11.7 Å². The van der Waals surface area contributed by atoms with Crippen molar-refractivity contribution >= 4 is 0 Å². The predicted molar refractivity (Wildman–Crippen MR) is 44.6 cm³/mol. The van der Waals surface area contributed by atoms with E-state index in [4.69, 9.17) is 5.11 Å². The number of aromatic nitrogens is 2. The molecule has 12 heavy (non-hydrogen) atoms. The standard InChI is InChI=1S/C8H14N2O2/c1-6-5-7(10(2)9-6)8(12)3-4-11/h5,8,11-12H,3-4H2,1-2H3/t8-/m1/s1. The molecule has 0 bridgehead atoms. The first-order valence-electron chi connectivity index (χ1n) is 3.94. The zero-order valence-corrected chi connectivity index (χ0v) is 7.36. The van der Waals surface area contributed by atoms with Crippen molar-refractivity contribution in [2.45, 2.75) is 19.4 Å². The van der Waals surface area contributed by atoms with Crippen LogP contribution in [0.5, 0.6) is 0 Å². The number of aliphatic hydroxyl groups excluding tert-OH is 2. The normalized spacial score (nSPS) is 13.3. The first-order valence-corrected chi connectivity index (χ1v) is 3.94. The minimum Gasteiger partial charge on any atom is -0.396 e. The Morgan fingerprint density at radius 3 is 2.75 bits per heavy atom. The van der Waals surface area contributed by atoms with Crippen LogP contribution in [0.2, 0.25) is 0 Å². The van der Waals surface area contributed by atoms with Crippen LogP contribution in [-0.4, -0.2) is 26.6 Å². The molecule has 1 rings (SSSR count). The third-order valence-corrected chi connectivity index (χ3v) is 1.78. The van der Waals surface area contributed by atoms with E-state index in [9.17, 15) is 5.11 Å². The Hall–Kier alpha value is -0.870. The summed E-state index contributed by atoms with van der Waals surface area (Å²) in [5.41, 5.74) is 1.63. The summed E-state index contributed by atoms with van der Waals surface area (Å²) in [4.78, 5) is 0. The van der Waals surface area contributed by atoms with Crippen LogP contribution in [-0.2, 0) is 7.05 Å². The molecular weight excluding hydrogens is 156 g/mol. The maximum atomic E-state index is 9.49. The van der Waals surface area contributed by atoms with Crippen LogP contribution in [0.25, 0.3) is 0 Å². The first-order chi connectivity index (χ1) is 5.65. The molecule has 0 aliphatic heterocycles. The van der Waals surface area contributed by atoms with Crippen LogP contribution >= 0.6 is 0 Å². The van der Waals surface area contributed by atoms with Crippen LogP contribution in [0.15, 0.2) is 6.07 Å². The van der Waals surface area contributed by atoms with E-state index in [0.717, 1.165) is 11.4 Å². The monoisotopic (exact) mass is 170 g/mol. The van der Waals surface area contributed by atoms with Gasteiger partial charge in [-0.1, -0.05) is 0 Å². The lowest BCUT2D eigenvalue weighted by atomic mass is 10.2. The highest BCUT2D eigenvalue weighted by Gasteiger charge is 2.11. The molecule has 0 aliphatic carbocycles. The number of aryl methyl sites for hydroxylation is 2. The lowest BCUT2D eigenvalue weighted by Crippen LogP contribution is -2.06. The van der Waals surface area contributed by atoms with Gasteiger partial charge in [0.15, 0.2) is 0 Å². The Morgan fingerprint density at radius 2 is 2.33 bits per heavy atom. The maximum Gasteiger partial charge on any atom is 0.0978 e. The Morgan fingerprint density at radius 1 is 1.67 bits per heavy atom.